The Kier molecular flexibility index (Phi) is 6.03. The van der Waals surface area contributed by atoms with Crippen molar-refractivity contribution in [3.8, 4) is 16.9 Å². The molecule has 2 fully saturated rings. The number of hydrogen-bond donors (Lipinski definition) is 1. The number of rotatable bonds is 6. The van der Waals surface area contributed by atoms with Gasteiger partial charge in [0.2, 0.25) is 11.8 Å². The number of amides is 2. The smallest absolute Gasteiger partial charge is 0.228 e. The van der Waals surface area contributed by atoms with E-state index in [4.69, 9.17) is 4.74 Å². The van der Waals surface area contributed by atoms with E-state index in [1.165, 1.54) is 0 Å². The average Bonchev–Trinajstić information content (AvgIpc) is 3.55. The zero-order valence-corrected chi connectivity index (χ0v) is 18.7. The minimum atomic E-state index is -0.567. The van der Waals surface area contributed by atoms with Gasteiger partial charge in [0.05, 0.1) is 12.5 Å². The molecule has 1 aliphatic carbocycles. The van der Waals surface area contributed by atoms with Crippen LogP contribution in [0.2, 0.25) is 0 Å². The van der Waals surface area contributed by atoms with Crippen molar-refractivity contribution in [2.45, 2.75) is 32.6 Å². The van der Waals surface area contributed by atoms with Crippen LogP contribution in [0.25, 0.3) is 11.1 Å². The fourth-order valence-corrected chi connectivity index (χ4v) is 4.88. The standard InChI is InChI=1S/C26H32N2O3/c1-18-15-23(18)24(29)28-14-4-13-26(17-28,25(30)27-2)16-19-5-7-20(8-6-19)21-9-11-22(31-3)12-10-21/h5-12,18,23H,4,13-17H2,1-3H3,(H,27,30). The Morgan fingerprint density at radius 1 is 1.10 bits per heavy atom. The largest absolute Gasteiger partial charge is 0.497 e. The minimum absolute atomic E-state index is 0.0353. The zero-order valence-electron chi connectivity index (χ0n) is 18.7. The second-order valence-electron chi connectivity index (χ2n) is 9.14. The number of ether oxygens (including phenoxy) is 1. The van der Waals surface area contributed by atoms with Crippen molar-refractivity contribution in [2.24, 2.45) is 17.3 Å². The van der Waals surface area contributed by atoms with E-state index in [0.29, 0.717) is 18.9 Å². The van der Waals surface area contributed by atoms with Gasteiger partial charge < -0.3 is 15.0 Å². The van der Waals surface area contributed by atoms with Gasteiger partial charge in [0, 0.05) is 26.1 Å². The van der Waals surface area contributed by atoms with E-state index in [9.17, 15) is 9.59 Å². The number of piperidine rings is 1. The Labute approximate surface area is 184 Å². The lowest BCUT2D eigenvalue weighted by atomic mass is 9.74. The number of hydrogen-bond acceptors (Lipinski definition) is 3. The third-order valence-electron chi connectivity index (χ3n) is 6.94. The van der Waals surface area contributed by atoms with Gasteiger partial charge in [-0.05, 0) is 60.4 Å². The average molecular weight is 421 g/mol. The van der Waals surface area contributed by atoms with E-state index >= 15 is 0 Å². The maximum Gasteiger partial charge on any atom is 0.228 e. The van der Waals surface area contributed by atoms with Crippen molar-refractivity contribution in [1.82, 2.24) is 10.2 Å². The van der Waals surface area contributed by atoms with Crippen LogP contribution < -0.4 is 10.1 Å². The summed E-state index contributed by atoms with van der Waals surface area (Å²) in [4.78, 5) is 27.8. The van der Waals surface area contributed by atoms with E-state index in [1.807, 2.05) is 29.2 Å². The van der Waals surface area contributed by atoms with E-state index in [2.05, 4.69) is 36.5 Å². The molecule has 2 aromatic carbocycles. The summed E-state index contributed by atoms with van der Waals surface area (Å²) in [5.74, 6) is 1.74. The summed E-state index contributed by atoms with van der Waals surface area (Å²) in [6.45, 7) is 3.40. The first-order valence-electron chi connectivity index (χ1n) is 11.2. The topological polar surface area (TPSA) is 58.6 Å². The third kappa shape index (κ3) is 4.46. The van der Waals surface area contributed by atoms with E-state index in [1.54, 1.807) is 14.2 Å². The number of methoxy groups -OCH3 is 1. The molecule has 1 saturated heterocycles. The molecule has 5 heteroatoms. The van der Waals surface area contributed by atoms with Crippen LogP contribution in [-0.4, -0.2) is 44.0 Å². The molecule has 3 atom stereocenters. The van der Waals surface area contributed by atoms with Gasteiger partial charge >= 0.3 is 0 Å². The molecule has 1 saturated carbocycles. The van der Waals surface area contributed by atoms with Crippen LogP contribution in [-0.2, 0) is 16.0 Å². The lowest BCUT2D eigenvalue weighted by molar-refractivity contribution is -0.142. The summed E-state index contributed by atoms with van der Waals surface area (Å²) in [6, 6.07) is 16.4. The number of benzene rings is 2. The Bertz CT molecular complexity index is 938. The van der Waals surface area contributed by atoms with Crippen molar-refractivity contribution >= 4 is 11.8 Å². The van der Waals surface area contributed by atoms with Crippen LogP contribution in [0.15, 0.2) is 48.5 Å². The molecule has 1 N–H and O–H groups in total. The number of carbonyl (C=O) groups excluding carboxylic acids is 2. The molecule has 1 heterocycles. The normalized spacial score (nSPS) is 25.1. The van der Waals surface area contributed by atoms with Crippen molar-refractivity contribution < 1.29 is 14.3 Å². The van der Waals surface area contributed by atoms with Gasteiger partial charge in [-0.15, -0.1) is 0 Å². The van der Waals surface area contributed by atoms with Gasteiger partial charge in [-0.1, -0.05) is 43.3 Å². The van der Waals surface area contributed by atoms with Crippen LogP contribution in [0.1, 0.15) is 31.7 Å². The maximum atomic E-state index is 13.0. The van der Waals surface area contributed by atoms with Crippen LogP contribution in [0.5, 0.6) is 5.75 Å². The highest BCUT2D eigenvalue weighted by Gasteiger charge is 2.47. The van der Waals surface area contributed by atoms with Crippen molar-refractivity contribution in [1.29, 1.82) is 0 Å². The van der Waals surface area contributed by atoms with Gasteiger partial charge in [0.1, 0.15) is 5.75 Å². The molecular weight excluding hydrogens is 388 g/mol. The summed E-state index contributed by atoms with van der Waals surface area (Å²) >= 11 is 0. The van der Waals surface area contributed by atoms with Crippen LogP contribution >= 0.6 is 0 Å². The van der Waals surface area contributed by atoms with Gasteiger partial charge in [-0.3, -0.25) is 9.59 Å². The molecule has 1 aliphatic heterocycles. The maximum absolute atomic E-state index is 13.0. The molecule has 2 amide bonds. The van der Waals surface area contributed by atoms with Crippen molar-refractivity contribution in [2.75, 3.05) is 27.2 Å². The monoisotopic (exact) mass is 420 g/mol. The Morgan fingerprint density at radius 3 is 2.26 bits per heavy atom. The molecule has 2 aliphatic rings. The zero-order chi connectivity index (χ0) is 22.0. The predicted molar refractivity (Wildman–Crippen MR) is 122 cm³/mol. The molecule has 0 radical (unpaired) electrons. The molecule has 5 nitrogen and oxygen atoms in total. The molecule has 164 valence electrons. The summed E-state index contributed by atoms with van der Waals surface area (Å²) in [7, 11) is 3.36. The fourth-order valence-electron chi connectivity index (χ4n) is 4.88. The first-order valence-corrected chi connectivity index (χ1v) is 11.2. The molecule has 0 aromatic heterocycles. The molecule has 0 bridgehead atoms. The number of nitrogens with zero attached hydrogens (tertiary/aromatic N) is 1. The first kappa shape index (κ1) is 21.4. The van der Waals surface area contributed by atoms with Gasteiger partial charge in [0.15, 0.2) is 0 Å². The Hall–Kier alpha value is -2.82. The first-order chi connectivity index (χ1) is 15.0. The van der Waals surface area contributed by atoms with E-state index in [0.717, 1.165) is 48.2 Å². The molecule has 0 spiro atoms. The van der Waals surface area contributed by atoms with E-state index in [-0.39, 0.29) is 17.7 Å². The van der Waals surface area contributed by atoms with Crippen molar-refractivity contribution in [3.63, 3.8) is 0 Å². The van der Waals surface area contributed by atoms with E-state index < -0.39 is 5.41 Å². The highest BCUT2D eigenvalue weighted by Crippen LogP contribution is 2.42. The Balaban J connectivity index is 1.52. The minimum Gasteiger partial charge on any atom is -0.497 e. The molecule has 31 heavy (non-hydrogen) atoms. The van der Waals surface area contributed by atoms with Crippen LogP contribution in [0.4, 0.5) is 0 Å². The lowest BCUT2D eigenvalue weighted by Gasteiger charge is -2.42. The highest BCUT2D eigenvalue weighted by atomic mass is 16.5. The number of nitrogens with one attached hydrogen (secondary N) is 1. The summed E-state index contributed by atoms with van der Waals surface area (Å²) in [5, 5.41) is 2.87. The molecule has 3 unspecified atom stereocenters. The van der Waals surface area contributed by atoms with Crippen LogP contribution in [0, 0.1) is 17.3 Å². The second-order valence-corrected chi connectivity index (χ2v) is 9.14. The summed E-state index contributed by atoms with van der Waals surface area (Å²) in [6.07, 6.45) is 3.29. The SMILES string of the molecule is CNC(=O)C1(Cc2ccc(-c3ccc(OC)cc3)cc2)CCCN(C(=O)C2CC2C)C1. The summed E-state index contributed by atoms with van der Waals surface area (Å²) in [5.41, 5.74) is 2.81. The fraction of sp³-hybridized carbons (Fsp3) is 0.462. The lowest BCUT2D eigenvalue weighted by Crippen LogP contribution is -2.54. The summed E-state index contributed by atoms with van der Waals surface area (Å²) < 4.78 is 5.24. The highest BCUT2D eigenvalue weighted by molar-refractivity contribution is 5.86. The van der Waals surface area contributed by atoms with Crippen LogP contribution in [0.3, 0.4) is 0 Å². The molecule has 4 rings (SSSR count). The van der Waals surface area contributed by atoms with Gasteiger partial charge in [-0.25, -0.2) is 0 Å². The molecule has 2 aromatic rings. The predicted octanol–water partition coefficient (Wildman–Crippen LogP) is 3.92. The van der Waals surface area contributed by atoms with Crippen molar-refractivity contribution in [3.05, 3.63) is 54.1 Å². The Morgan fingerprint density at radius 2 is 1.71 bits per heavy atom. The van der Waals surface area contributed by atoms with Gasteiger partial charge in [-0.2, -0.15) is 0 Å². The number of carbonyl (C=O) groups is 2. The quantitative estimate of drug-likeness (QED) is 0.771. The second kappa shape index (κ2) is 8.74. The number of likely N-dealkylation sites (tertiary alicyclic amines) is 1. The van der Waals surface area contributed by atoms with Gasteiger partial charge in [0.25, 0.3) is 0 Å². The molecular formula is C26H32N2O3. The third-order valence-corrected chi connectivity index (χ3v) is 6.94.